The smallest absolute Gasteiger partial charge is 0.261 e. The zero-order chi connectivity index (χ0) is 20.7. The number of rotatable bonds is 3. The second kappa shape index (κ2) is 7.25. The number of hydrogen-bond donors (Lipinski definition) is 2. The summed E-state index contributed by atoms with van der Waals surface area (Å²) in [6, 6.07) is 12.5. The summed E-state index contributed by atoms with van der Waals surface area (Å²) in [7, 11) is 1.71. The second-order valence-electron chi connectivity index (χ2n) is 6.71. The largest absolute Gasteiger partial charge is 0.386 e. The number of carbonyl (C=O) groups is 1. The summed E-state index contributed by atoms with van der Waals surface area (Å²) in [6.07, 6.45) is 0. The molecule has 0 aliphatic carbocycles. The first-order valence-electron chi connectivity index (χ1n) is 8.95. The van der Waals surface area contributed by atoms with Crippen LogP contribution in [0.1, 0.15) is 16.1 Å². The number of nitrogens with one attached hydrogen (secondary N) is 2. The van der Waals surface area contributed by atoms with E-state index in [1.54, 1.807) is 49.2 Å². The van der Waals surface area contributed by atoms with Crippen LogP contribution in [0.5, 0.6) is 0 Å². The third-order valence-electron chi connectivity index (χ3n) is 4.90. The highest BCUT2D eigenvalue weighted by molar-refractivity contribution is 6.31. The van der Waals surface area contributed by atoms with Gasteiger partial charge in [0.1, 0.15) is 12.5 Å². The summed E-state index contributed by atoms with van der Waals surface area (Å²) in [5.41, 5.74) is 3.28. The van der Waals surface area contributed by atoms with Crippen molar-refractivity contribution in [1.29, 1.82) is 0 Å². The van der Waals surface area contributed by atoms with Crippen molar-refractivity contribution >= 4 is 40.3 Å². The fourth-order valence-corrected chi connectivity index (χ4v) is 3.71. The van der Waals surface area contributed by atoms with Crippen LogP contribution in [0.3, 0.4) is 0 Å². The molecule has 29 heavy (non-hydrogen) atoms. The lowest BCUT2D eigenvalue weighted by Crippen LogP contribution is -2.45. The molecule has 1 amide bonds. The normalized spacial score (nSPS) is 13.4. The molecule has 2 aromatic carbocycles. The molecule has 1 aliphatic heterocycles. The Morgan fingerprint density at radius 3 is 2.45 bits per heavy atom. The number of hydrogen-bond acceptors (Lipinski definition) is 4. The van der Waals surface area contributed by atoms with E-state index in [0.29, 0.717) is 39.0 Å². The Hall–Kier alpha value is -3.32. The Balaban J connectivity index is 1.91. The van der Waals surface area contributed by atoms with Crippen LogP contribution in [0.2, 0.25) is 5.02 Å². The van der Waals surface area contributed by atoms with Crippen molar-refractivity contribution < 1.29 is 9.18 Å². The zero-order valence-electron chi connectivity index (χ0n) is 15.8. The molecule has 2 N–H and O–H groups in total. The SMILES string of the molecule is CNc1cc(F)ccc1N1CN(c2ccc(=O)[nH]c2C)C(=O)c2cc(Cl)ccc21. The molecule has 0 spiro atoms. The predicted molar refractivity (Wildman–Crippen MR) is 113 cm³/mol. The third-order valence-corrected chi connectivity index (χ3v) is 5.14. The van der Waals surface area contributed by atoms with Crippen LogP contribution in [0, 0.1) is 12.7 Å². The second-order valence-corrected chi connectivity index (χ2v) is 7.14. The Labute approximate surface area is 171 Å². The topological polar surface area (TPSA) is 68.4 Å². The van der Waals surface area contributed by atoms with Crippen LogP contribution < -0.4 is 20.7 Å². The first-order valence-corrected chi connectivity index (χ1v) is 9.33. The summed E-state index contributed by atoms with van der Waals surface area (Å²) in [5.74, 6) is -0.599. The molecule has 0 saturated heterocycles. The summed E-state index contributed by atoms with van der Waals surface area (Å²) in [4.78, 5) is 31.1. The number of H-pyrrole nitrogens is 1. The quantitative estimate of drug-likeness (QED) is 0.674. The van der Waals surface area contributed by atoms with Gasteiger partial charge in [-0.1, -0.05) is 11.6 Å². The van der Waals surface area contributed by atoms with Crippen LogP contribution in [-0.4, -0.2) is 24.6 Å². The van der Waals surface area contributed by atoms with E-state index in [2.05, 4.69) is 10.3 Å². The van der Waals surface area contributed by atoms with E-state index in [4.69, 9.17) is 11.6 Å². The number of aromatic amines is 1. The van der Waals surface area contributed by atoms with Crippen molar-refractivity contribution in [3.63, 3.8) is 0 Å². The number of aromatic nitrogens is 1. The maximum Gasteiger partial charge on any atom is 0.261 e. The summed E-state index contributed by atoms with van der Waals surface area (Å²) in [5, 5.41) is 3.44. The zero-order valence-corrected chi connectivity index (χ0v) is 16.5. The molecule has 0 bridgehead atoms. The van der Waals surface area contributed by atoms with Gasteiger partial charge in [-0.05, 0) is 49.4 Å². The number of halogens is 2. The maximum atomic E-state index is 13.8. The summed E-state index contributed by atoms with van der Waals surface area (Å²) in [6.45, 7) is 1.92. The van der Waals surface area contributed by atoms with Gasteiger partial charge in [0.25, 0.3) is 5.91 Å². The minimum absolute atomic E-state index is 0.181. The highest BCUT2D eigenvalue weighted by atomic mass is 35.5. The van der Waals surface area contributed by atoms with Crippen LogP contribution >= 0.6 is 11.6 Å². The minimum Gasteiger partial charge on any atom is -0.386 e. The Morgan fingerprint density at radius 2 is 1.72 bits per heavy atom. The van der Waals surface area contributed by atoms with Crippen molar-refractivity contribution in [1.82, 2.24) is 4.98 Å². The van der Waals surface area contributed by atoms with Gasteiger partial charge in [0.2, 0.25) is 5.56 Å². The van der Waals surface area contributed by atoms with Gasteiger partial charge in [-0.25, -0.2) is 4.39 Å². The molecule has 4 rings (SSSR count). The number of pyridine rings is 1. The number of amides is 1. The highest BCUT2D eigenvalue weighted by Crippen LogP contribution is 2.40. The molecule has 6 nitrogen and oxygen atoms in total. The monoisotopic (exact) mass is 412 g/mol. The lowest BCUT2D eigenvalue weighted by atomic mass is 10.1. The average Bonchev–Trinajstić information content (AvgIpc) is 2.69. The van der Waals surface area contributed by atoms with Crippen molar-refractivity contribution in [2.75, 3.05) is 28.8 Å². The van der Waals surface area contributed by atoms with E-state index in [0.717, 1.165) is 0 Å². The Bertz CT molecular complexity index is 1180. The fraction of sp³-hybridized carbons (Fsp3) is 0.143. The van der Waals surface area contributed by atoms with Crippen LogP contribution in [0.25, 0.3) is 0 Å². The van der Waals surface area contributed by atoms with E-state index in [-0.39, 0.29) is 24.0 Å². The molecule has 0 atom stereocenters. The molecule has 0 unspecified atom stereocenters. The first-order chi connectivity index (χ1) is 13.9. The number of benzene rings is 2. The molecular formula is C21H18ClFN4O2. The number of aryl methyl sites for hydroxylation is 1. The van der Waals surface area contributed by atoms with Gasteiger partial charge in [0.05, 0.1) is 28.3 Å². The summed E-state index contributed by atoms with van der Waals surface area (Å²) >= 11 is 6.16. The van der Waals surface area contributed by atoms with Crippen molar-refractivity contribution in [2.45, 2.75) is 6.92 Å². The van der Waals surface area contributed by atoms with Gasteiger partial charge in [-0.2, -0.15) is 0 Å². The van der Waals surface area contributed by atoms with Gasteiger partial charge >= 0.3 is 0 Å². The molecule has 0 fully saturated rings. The average molecular weight is 413 g/mol. The molecule has 3 aromatic rings. The third kappa shape index (κ3) is 3.34. The molecule has 0 radical (unpaired) electrons. The van der Waals surface area contributed by atoms with Crippen molar-refractivity contribution in [3.8, 4) is 0 Å². The van der Waals surface area contributed by atoms with E-state index in [9.17, 15) is 14.0 Å². The van der Waals surface area contributed by atoms with E-state index >= 15 is 0 Å². The van der Waals surface area contributed by atoms with Gasteiger partial charge < -0.3 is 15.2 Å². The molecule has 2 heterocycles. The molecule has 8 heteroatoms. The highest BCUT2D eigenvalue weighted by Gasteiger charge is 2.33. The van der Waals surface area contributed by atoms with E-state index in [1.165, 1.54) is 18.2 Å². The molecule has 1 aliphatic rings. The van der Waals surface area contributed by atoms with Gasteiger partial charge in [0, 0.05) is 23.8 Å². The number of fused-ring (bicyclic) bond motifs is 1. The molecule has 0 saturated carbocycles. The van der Waals surface area contributed by atoms with Crippen molar-refractivity contribution in [2.24, 2.45) is 0 Å². The Morgan fingerprint density at radius 1 is 1.00 bits per heavy atom. The lowest BCUT2D eigenvalue weighted by Gasteiger charge is -2.39. The number of nitrogens with zero attached hydrogens (tertiary/aromatic N) is 2. The van der Waals surface area contributed by atoms with E-state index in [1.807, 2.05) is 4.90 Å². The van der Waals surface area contributed by atoms with Crippen molar-refractivity contribution in [3.05, 3.63) is 81.0 Å². The standard InChI is InChI=1S/C21H18ClFN4O2/c1-12-17(7-8-20(28)25-12)27-11-26(19-6-4-14(23)10-16(19)24-2)18-5-3-13(22)9-15(18)21(27)29/h3-10,24H,11H2,1-2H3,(H,25,28). The molecule has 1 aromatic heterocycles. The Kier molecular flexibility index (Phi) is 4.76. The minimum atomic E-state index is -0.365. The maximum absolute atomic E-state index is 13.8. The van der Waals surface area contributed by atoms with Crippen LogP contribution in [0.15, 0.2) is 53.3 Å². The summed E-state index contributed by atoms with van der Waals surface area (Å²) < 4.78 is 13.8. The first kappa shape index (κ1) is 19.0. The van der Waals surface area contributed by atoms with E-state index < -0.39 is 0 Å². The van der Waals surface area contributed by atoms with Gasteiger partial charge in [0.15, 0.2) is 0 Å². The molecular weight excluding hydrogens is 395 g/mol. The van der Waals surface area contributed by atoms with Gasteiger partial charge in [-0.3, -0.25) is 14.5 Å². The van der Waals surface area contributed by atoms with Crippen LogP contribution in [-0.2, 0) is 0 Å². The predicted octanol–water partition coefficient (Wildman–Crippen LogP) is 4.27. The number of carbonyl (C=O) groups excluding carboxylic acids is 1. The van der Waals surface area contributed by atoms with Crippen LogP contribution in [0.4, 0.5) is 27.1 Å². The lowest BCUT2D eigenvalue weighted by molar-refractivity contribution is 0.0983. The molecule has 148 valence electrons. The van der Waals surface area contributed by atoms with Gasteiger partial charge in [-0.15, -0.1) is 0 Å². The number of anilines is 4. The fourth-order valence-electron chi connectivity index (χ4n) is 3.54.